The maximum atomic E-state index is 11.7. The van der Waals surface area contributed by atoms with E-state index in [4.69, 9.17) is 4.74 Å². The molecule has 3 rings (SSSR count). The number of hydrogen-bond donors (Lipinski definition) is 1. The van der Waals surface area contributed by atoms with Gasteiger partial charge in [0.2, 0.25) is 10.0 Å². The van der Waals surface area contributed by atoms with E-state index in [-0.39, 0.29) is 50.9 Å². The Balaban J connectivity index is 0.00000280. The van der Waals surface area contributed by atoms with E-state index in [9.17, 15) is 8.42 Å². The molecule has 0 amide bonds. The molecule has 1 N–H and O–H groups in total. The van der Waals surface area contributed by atoms with Crippen LogP contribution in [0.2, 0.25) is 0 Å². The second-order valence-electron chi connectivity index (χ2n) is 7.87. The van der Waals surface area contributed by atoms with E-state index in [1.54, 1.807) is 0 Å². The molecule has 28 heavy (non-hydrogen) atoms. The van der Waals surface area contributed by atoms with Crippen LogP contribution in [0.4, 0.5) is 0 Å². The Labute approximate surface area is 195 Å². The first-order chi connectivity index (χ1) is 13.0. The monoisotopic (exact) mass is 481 g/mol. The van der Waals surface area contributed by atoms with Gasteiger partial charge < -0.3 is 16.6 Å². The van der Waals surface area contributed by atoms with E-state index in [2.05, 4.69) is 34.7 Å². The van der Waals surface area contributed by atoms with Gasteiger partial charge in [-0.2, -0.15) is 35.9 Å². The summed E-state index contributed by atoms with van der Waals surface area (Å²) in [6, 6.07) is 11.6. The number of likely N-dealkylation sites (tertiary alicyclic amines) is 1. The number of hydrogen-bond acceptors (Lipinski definition) is 4. The van der Waals surface area contributed by atoms with E-state index in [1.165, 1.54) is 11.8 Å². The van der Waals surface area contributed by atoms with Crippen LogP contribution in [0.5, 0.6) is 0 Å². The second-order valence-corrected chi connectivity index (χ2v) is 9.65. The number of benzene rings is 1. The van der Waals surface area contributed by atoms with Crippen LogP contribution in [-0.2, 0) is 47.5 Å². The Kier molecular flexibility index (Phi) is 10.0. The van der Waals surface area contributed by atoms with Crippen LogP contribution in [0.15, 0.2) is 24.3 Å². The number of sulfonamides is 1. The Hall–Kier alpha value is 0.154. The van der Waals surface area contributed by atoms with Crippen molar-refractivity contribution < 1.29 is 45.9 Å². The first-order valence-electron chi connectivity index (χ1n) is 10.0. The van der Waals surface area contributed by atoms with Crippen LogP contribution in [0, 0.1) is 13.0 Å². The molecular formula is C21H32N2O3SY-2. The summed E-state index contributed by atoms with van der Waals surface area (Å²) in [5.41, 5.74) is 1.31. The first kappa shape index (κ1) is 24.4. The molecule has 2 aliphatic rings. The molecule has 1 aromatic rings. The Morgan fingerprint density at radius 1 is 1.25 bits per heavy atom. The fourth-order valence-corrected chi connectivity index (χ4v) is 5.30. The molecule has 1 saturated carbocycles. The second kappa shape index (κ2) is 11.5. The maximum absolute atomic E-state index is 11.7. The summed E-state index contributed by atoms with van der Waals surface area (Å²) in [7, 11) is -3.23. The summed E-state index contributed by atoms with van der Waals surface area (Å²) >= 11 is 0. The number of ether oxygens (including phenoxy) is 1. The minimum absolute atomic E-state index is 0. The van der Waals surface area contributed by atoms with Gasteiger partial charge in [-0.1, -0.05) is 0 Å². The fourth-order valence-electron chi connectivity index (χ4n) is 4.47. The third-order valence-corrected chi connectivity index (χ3v) is 6.63. The van der Waals surface area contributed by atoms with Gasteiger partial charge in [-0.25, -0.2) is 13.1 Å². The quantitative estimate of drug-likeness (QED) is 0.609. The smallest absolute Gasteiger partial charge is 0.209 e. The van der Waals surface area contributed by atoms with Gasteiger partial charge in [0.05, 0.1) is 19.0 Å². The van der Waals surface area contributed by atoms with Crippen LogP contribution in [0.25, 0.3) is 0 Å². The van der Waals surface area contributed by atoms with E-state index in [0.29, 0.717) is 19.1 Å². The summed E-state index contributed by atoms with van der Waals surface area (Å²) in [4.78, 5) is 2.25. The average Bonchev–Trinajstić information content (AvgIpc) is 2.66. The third-order valence-electron chi connectivity index (χ3n) is 5.90. The summed E-state index contributed by atoms with van der Waals surface area (Å²) in [5, 5.41) is 0. The van der Waals surface area contributed by atoms with Crippen molar-refractivity contribution >= 4 is 10.0 Å². The molecule has 1 heterocycles. The number of rotatable bonds is 7. The molecule has 0 unspecified atom stereocenters. The summed E-state index contributed by atoms with van der Waals surface area (Å²) < 4.78 is 32.5. The van der Waals surface area contributed by atoms with E-state index in [1.807, 2.05) is 12.1 Å². The zero-order valence-corrected chi connectivity index (χ0v) is 20.5. The third kappa shape index (κ3) is 7.14. The van der Waals surface area contributed by atoms with Crippen molar-refractivity contribution in [3.05, 3.63) is 42.8 Å². The van der Waals surface area contributed by atoms with Crippen LogP contribution in [-0.4, -0.2) is 57.5 Å². The summed E-state index contributed by atoms with van der Waals surface area (Å²) in [6.45, 7) is 6.21. The van der Waals surface area contributed by atoms with E-state index < -0.39 is 10.0 Å². The number of nitrogens with zero attached hydrogens (tertiary/aromatic N) is 1. The molecule has 2 atom stereocenters. The zero-order valence-electron chi connectivity index (χ0n) is 16.8. The van der Waals surface area contributed by atoms with Crippen LogP contribution in [0.3, 0.4) is 0 Å². The normalized spacial score (nSPS) is 29.2. The summed E-state index contributed by atoms with van der Waals surface area (Å²) in [6.07, 6.45) is 7.68. The van der Waals surface area contributed by atoms with Crippen molar-refractivity contribution in [2.24, 2.45) is 0 Å². The zero-order chi connectivity index (χ0) is 19.3. The van der Waals surface area contributed by atoms with E-state index >= 15 is 0 Å². The molecule has 0 spiro atoms. The van der Waals surface area contributed by atoms with Gasteiger partial charge in [0.25, 0.3) is 0 Å². The molecule has 0 aromatic heterocycles. The van der Waals surface area contributed by atoms with Crippen LogP contribution < -0.4 is 4.72 Å². The predicted molar refractivity (Wildman–Crippen MR) is 108 cm³/mol. The van der Waals surface area contributed by atoms with Crippen molar-refractivity contribution in [1.82, 2.24) is 9.62 Å². The molecule has 0 bridgehead atoms. The molecule has 7 heteroatoms. The number of nitrogens with one attached hydrogen (secondary N) is 1. The van der Waals surface area contributed by atoms with Gasteiger partial charge in [-0.05, 0) is 51.0 Å². The molecule has 5 nitrogen and oxygen atoms in total. The van der Waals surface area contributed by atoms with Gasteiger partial charge in [0.1, 0.15) is 0 Å². The molecule has 2 fully saturated rings. The van der Waals surface area contributed by atoms with Crippen molar-refractivity contribution in [3.8, 4) is 0 Å². The van der Waals surface area contributed by atoms with Gasteiger partial charge in [-0.3, -0.25) is 0 Å². The minimum atomic E-state index is -3.23. The minimum Gasteiger partial charge on any atom is -0.377 e. The topological polar surface area (TPSA) is 58.6 Å². The fraction of sp³-hybridized carbons (Fsp3) is 0.667. The van der Waals surface area contributed by atoms with Crippen molar-refractivity contribution in [3.63, 3.8) is 0 Å². The maximum Gasteiger partial charge on any atom is 0.209 e. The summed E-state index contributed by atoms with van der Waals surface area (Å²) in [5.74, 6) is 0.580. The van der Waals surface area contributed by atoms with E-state index in [0.717, 1.165) is 45.1 Å². The number of piperidine rings is 1. The first-order valence-corrected chi connectivity index (χ1v) is 11.9. The molecule has 1 saturated heterocycles. The predicted octanol–water partition coefficient (Wildman–Crippen LogP) is 2.74. The molecule has 155 valence electrons. The molecule has 1 aromatic carbocycles. The standard InChI is InChI=1S/C21H32N2O3S.Y/c1-3-23-15-7-10-20(22-27(2,24)25)21(23)16-26-19-13-11-18(12-14-19)17-8-5-4-6-9-17;/h4-6,8,18-22H,1,3,7,10-16H2,2H3;/q-2;/t18?,19?,20-,21-;/m0./s1. The molecule has 1 aliphatic heterocycles. The van der Waals surface area contributed by atoms with Crippen molar-refractivity contribution in [2.75, 3.05) is 26.0 Å². The molecular weight excluding hydrogens is 449 g/mol. The van der Waals surface area contributed by atoms with Gasteiger partial charge in [0, 0.05) is 44.8 Å². The SMILES string of the molecule is [CH2-]CN1CCC[C@H](NS(C)(=O)=O)[C@@H]1COC1CCC(c2[c-]cccc2)CC1.[Y]. The Morgan fingerprint density at radius 2 is 2.00 bits per heavy atom. The van der Waals surface area contributed by atoms with Gasteiger partial charge >= 0.3 is 0 Å². The van der Waals surface area contributed by atoms with Gasteiger partial charge in [-0.15, -0.1) is 6.54 Å². The van der Waals surface area contributed by atoms with Crippen LogP contribution >= 0.6 is 0 Å². The van der Waals surface area contributed by atoms with Crippen molar-refractivity contribution in [1.29, 1.82) is 0 Å². The average molecular weight is 481 g/mol. The molecule has 1 radical (unpaired) electrons. The Morgan fingerprint density at radius 3 is 2.61 bits per heavy atom. The van der Waals surface area contributed by atoms with Crippen LogP contribution in [0.1, 0.15) is 50.0 Å². The van der Waals surface area contributed by atoms with Gasteiger partial charge in [0.15, 0.2) is 0 Å². The Bertz CT molecular complexity index is 678. The van der Waals surface area contributed by atoms with Crippen molar-refractivity contribution in [2.45, 2.75) is 62.6 Å². The largest absolute Gasteiger partial charge is 0.377 e. The molecule has 1 aliphatic carbocycles.